The molecule has 106 valence electrons. The second kappa shape index (κ2) is 5.20. The maximum absolute atomic E-state index is 11.7. The largest absolute Gasteiger partial charge is 0.469 e. The summed E-state index contributed by atoms with van der Waals surface area (Å²) >= 11 is 0. The molecule has 3 nitrogen and oxygen atoms in total. The standard InChI is InChI=1S/C15H29NO2/c1-13(2)7-6-8-15(10-9-13,14(3,4)16)11-12(17)18-5/h6-11,16H2,1-5H3. The highest BCUT2D eigenvalue weighted by Crippen LogP contribution is 2.49. The van der Waals surface area contributed by atoms with Gasteiger partial charge in [-0.25, -0.2) is 0 Å². The van der Waals surface area contributed by atoms with Gasteiger partial charge < -0.3 is 10.5 Å². The Hall–Kier alpha value is -0.570. The lowest BCUT2D eigenvalue weighted by Gasteiger charge is -2.44. The number of hydrogen-bond acceptors (Lipinski definition) is 3. The quantitative estimate of drug-likeness (QED) is 0.622. The Kier molecular flexibility index (Phi) is 4.47. The number of nitrogens with two attached hydrogens (primary N) is 1. The van der Waals surface area contributed by atoms with Crippen LogP contribution in [0, 0.1) is 10.8 Å². The van der Waals surface area contributed by atoms with Gasteiger partial charge in [0.15, 0.2) is 0 Å². The maximum Gasteiger partial charge on any atom is 0.306 e. The topological polar surface area (TPSA) is 52.3 Å². The number of hydrogen-bond donors (Lipinski definition) is 1. The predicted molar refractivity (Wildman–Crippen MR) is 74.2 cm³/mol. The molecule has 0 amide bonds. The molecule has 0 aromatic carbocycles. The van der Waals surface area contributed by atoms with Gasteiger partial charge in [0.25, 0.3) is 0 Å². The fourth-order valence-corrected chi connectivity index (χ4v) is 3.13. The SMILES string of the molecule is COC(=O)CC1(C(C)(C)N)CCCC(C)(C)CC1. The van der Waals surface area contributed by atoms with E-state index in [0.29, 0.717) is 11.8 Å². The monoisotopic (exact) mass is 255 g/mol. The van der Waals surface area contributed by atoms with Crippen molar-refractivity contribution in [1.82, 2.24) is 0 Å². The molecule has 1 atom stereocenters. The van der Waals surface area contributed by atoms with Crippen LogP contribution in [0.25, 0.3) is 0 Å². The van der Waals surface area contributed by atoms with Crippen molar-refractivity contribution in [3.63, 3.8) is 0 Å². The van der Waals surface area contributed by atoms with Crippen LogP contribution >= 0.6 is 0 Å². The van der Waals surface area contributed by atoms with Crippen molar-refractivity contribution in [1.29, 1.82) is 0 Å². The molecule has 0 heterocycles. The van der Waals surface area contributed by atoms with Crippen molar-refractivity contribution < 1.29 is 9.53 Å². The zero-order valence-electron chi connectivity index (χ0n) is 12.6. The van der Waals surface area contributed by atoms with Crippen LogP contribution in [0.3, 0.4) is 0 Å². The lowest BCUT2D eigenvalue weighted by molar-refractivity contribution is -0.145. The van der Waals surface area contributed by atoms with Gasteiger partial charge in [0.2, 0.25) is 0 Å². The first-order valence-electron chi connectivity index (χ1n) is 6.98. The Bertz CT molecular complexity index is 304. The third kappa shape index (κ3) is 3.47. The number of ether oxygens (including phenoxy) is 1. The lowest BCUT2D eigenvalue weighted by atomic mass is 9.64. The molecular weight excluding hydrogens is 226 g/mol. The normalized spacial score (nSPS) is 28.6. The van der Waals surface area contributed by atoms with Gasteiger partial charge in [-0.15, -0.1) is 0 Å². The van der Waals surface area contributed by atoms with Gasteiger partial charge in [0.05, 0.1) is 13.5 Å². The first-order chi connectivity index (χ1) is 8.12. The van der Waals surface area contributed by atoms with Crippen LogP contribution in [0.4, 0.5) is 0 Å². The number of carbonyl (C=O) groups is 1. The van der Waals surface area contributed by atoms with Crippen LogP contribution in [-0.2, 0) is 9.53 Å². The second-order valence-electron chi connectivity index (χ2n) is 7.27. The summed E-state index contributed by atoms with van der Waals surface area (Å²) in [4.78, 5) is 11.7. The fourth-order valence-electron chi connectivity index (χ4n) is 3.13. The van der Waals surface area contributed by atoms with E-state index in [9.17, 15) is 4.79 Å². The molecule has 1 unspecified atom stereocenters. The molecule has 18 heavy (non-hydrogen) atoms. The van der Waals surface area contributed by atoms with Gasteiger partial charge >= 0.3 is 5.97 Å². The summed E-state index contributed by atoms with van der Waals surface area (Å²) < 4.78 is 4.87. The molecule has 1 aliphatic rings. The average molecular weight is 255 g/mol. The highest BCUT2D eigenvalue weighted by atomic mass is 16.5. The Morgan fingerprint density at radius 1 is 1.22 bits per heavy atom. The first-order valence-corrected chi connectivity index (χ1v) is 6.98. The number of rotatable bonds is 3. The first kappa shape index (κ1) is 15.5. The van der Waals surface area contributed by atoms with Gasteiger partial charge in [-0.05, 0) is 50.4 Å². The molecule has 0 spiro atoms. The van der Waals surface area contributed by atoms with Gasteiger partial charge in [-0.2, -0.15) is 0 Å². The van der Waals surface area contributed by atoms with Crippen LogP contribution < -0.4 is 5.73 Å². The Labute approximate surface area is 111 Å². The van der Waals surface area contributed by atoms with E-state index in [0.717, 1.165) is 25.7 Å². The van der Waals surface area contributed by atoms with E-state index in [-0.39, 0.29) is 16.9 Å². The Morgan fingerprint density at radius 3 is 2.33 bits per heavy atom. The van der Waals surface area contributed by atoms with Crippen molar-refractivity contribution in [2.75, 3.05) is 7.11 Å². The molecule has 2 N–H and O–H groups in total. The summed E-state index contributed by atoms with van der Waals surface area (Å²) in [5.74, 6) is -0.131. The van der Waals surface area contributed by atoms with E-state index in [1.165, 1.54) is 13.5 Å². The summed E-state index contributed by atoms with van der Waals surface area (Å²) in [6, 6.07) is 0. The van der Waals surface area contributed by atoms with E-state index < -0.39 is 0 Å². The maximum atomic E-state index is 11.7. The van der Waals surface area contributed by atoms with Gasteiger partial charge in [0.1, 0.15) is 0 Å². The highest BCUT2D eigenvalue weighted by molar-refractivity contribution is 5.70. The minimum atomic E-state index is -0.346. The molecule has 1 saturated carbocycles. The zero-order valence-corrected chi connectivity index (χ0v) is 12.6. The summed E-state index contributed by atoms with van der Waals surface area (Å²) in [5, 5.41) is 0. The van der Waals surface area contributed by atoms with Crippen LogP contribution in [-0.4, -0.2) is 18.6 Å². The average Bonchev–Trinajstić information content (AvgIpc) is 2.37. The van der Waals surface area contributed by atoms with Gasteiger partial charge in [-0.3, -0.25) is 4.79 Å². The molecule has 0 saturated heterocycles. The Balaban J connectivity index is 2.95. The van der Waals surface area contributed by atoms with Crippen molar-refractivity contribution in [3.05, 3.63) is 0 Å². The van der Waals surface area contributed by atoms with E-state index in [2.05, 4.69) is 13.8 Å². The minimum Gasteiger partial charge on any atom is -0.469 e. The van der Waals surface area contributed by atoms with Gasteiger partial charge in [-0.1, -0.05) is 20.3 Å². The van der Waals surface area contributed by atoms with Crippen molar-refractivity contribution in [3.8, 4) is 0 Å². The van der Waals surface area contributed by atoms with Crippen LogP contribution in [0.2, 0.25) is 0 Å². The van der Waals surface area contributed by atoms with Crippen LogP contribution in [0.5, 0.6) is 0 Å². The molecule has 0 bridgehead atoms. The molecule has 1 aliphatic carbocycles. The van der Waals surface area contributed by atoms with Crippen molar-refractivity contribution >= 4 is 5.97 Å². The molecule has 1 fully saturated rings. The number of carbonyl (C=O) groups excluding carboxylic acids is 1. The smallest absolute Gasteiger partial charge is 0.306 e. The van der Waals surface area contributed by atoms with Crippen LogP contribution in [0.15, 0.2) is 0 Å². The second-order valence-corrected chi connectivity index (χ2v) is 7.27. The molecular formula is C15H29NO2. The summed E-state index contributed by atoms with van der Waals surface area (Å²) in [5.41, 5.74) is 6.30. The van der Waals surface area contributed by atoms with E-state index in [1.807, 2.05) is 13.8 Å². The third-order valence-corrected chi connectivity index (χ3v) is 4.87. The third-order valence-electron chi connectivity index (χ3n) is 4.87. The van der Waals surface area contributed by atoms with Gasteiger partial charge in [0, 0.05) is 5.54 Å². The lowest BCUT2D eigenvalue weighted by Crippen LogP contribution is -2.52. The van der Waals surface area contributed by atoms with Crippen molar-refractivity contribution in [2.45, 2.75) is 71.8 Å². The minimum absolute atomic E-state index is 0.117. The molecule has 0 radical (unpaired) electrons. The molecule has 0 aromatic rings. The van der Waals surface area contributed by atoms with Crippen LogP contribution in [0.1, 0.15) is 66.2 Å². The Morgan fingerprint density at radius 2 is 1.83 bits per heavy atom. The fraction of sp³-hybridized carbons (Fsp3) is 0.933. The zero-order chi connectivity index (χ0) is 14.0. The molecule has 0 aromatic heterocycles. The highest BCUT2D eigenvalue weighted by Gasteiger charge is 2.46. The number of methoxy groups -OCH3 is 1. The van der Waals surface area contributed by atoms with E-state index in [1.54, 1.807) is 0 Å². The van der Waals surface area contributed by atoms with E-state index in [4.69, 9.17) is 10.5 Å². The molecule has 3 heteroatoms. The summed E-state index contributed by atoms with van der Waals surface area (Å²) in [7, 11) is 1.46. The summed E-state index contributed by atoms with van der Waals surface area (Å²) in [6.07, 6.45) is 5.97. The molecule has 0 aliphatic heterocycles. The van der Waals surface area contributed by atoms with Crippen molar-refractivity contribution in [2.24, 2.45) is 16.6 Å². The molecule has 1 rings (SSSR count). The number of esters is 1. The predicted octanol–water partition coefficient (Wildman–Crippen LogP) is 3.26. The van der Waals surface area contributed by atoms with E-state index >= 15 is 0 Å². The summed E-state index contributed by atoms with van der Waals surface area (Å²) in [6.45, 7) is 8.72.